The summed E-state index contributed by atoms with van der Waals surface area (Å²) in [5.41, 5.74) is 5.55. The summed E-state index contributed by atoms with van der Waals surface area (Å²) < 4.78 is 0. The number of carbonyl (C=O) groups is 1. The van der Waals surface area contributed by atoms with Crippen molar-refractivity contribution in [2.75, 3.05) is 11.9 Å². The first kappa shape index (κ1) is 22.5. The zero-order chi connectivity index (χ0) is 24.7. The number of hydrogen-bond donors (Lipinski definition) is 1. The molecule has 176 valence electrons. The van der Waals surface area contributed by atoms with E-state index in [1.165, 1.54) is 0 Å². The standard InChI is InChI=1S/C27H27N7O/c1-6-33(16(2)3)26(28-5)22-8-7-9-23(32-22)34-15-21-20(27(34)35)14-17(4)31-24(21)18-10-12-29-25-19(18)11-13-30-25/h6-14,16H,1,15H2,2-5H3,(H,29,30). The van der Waals surface area contributed by atoms with Gasteiger partial charge in [-0.3, -0.25) is 19.7 Å². The third-order valence-electron chi connectivity index (χ3n) is 6.21. The van der Waals surface area contributed by atoms with E-state index in [-0.39, 0.29) is 11.9 Å². The first-order valence-corrected chi connectivity index (χ1v) is 11.5. The molecule has 1 aliphatic heterocycles. The van der Waals surface area contributed by atoms with E-state index in [9.17, 15) is 4.79 Å². The Morgan fingerprint density at radius 2 is 2.06 bits per heavy atom. The summed E-state index contributed by atoms with van der Waals surface area (Å²) >= 11 is 0. The molecular formula is C27H27N7O. The van der Waals surface area contributed by atoms with Gasteiger partial charge in [-0.05, 0) is 57.3 Å². The van der Waals surface area contributed by atoms with Crippen molar-refractivity contribution in [1.29, 1.82) is 0 Å². The lowest BCUT2D eigenvalue weighted by Crippen LogP contribution is -2.33. The normalized spacial score (nSPS) is 13.6. The SMILES string of the molecule is C=CN(C(=NC)c1cccc(N2Cc3c(cc(C)nc3-c3ccnc4[nH]ccc34)C2=O)n1)C(C)C. The number of anilines is 1. The molecule has 4 aromatic heterocycles. The molecule has 35 heavy (non-hydrogen) atoms. The number of pyridine rings is 3. The van der Waals surface area contributed by atoms with Crippen molar-refractivity contribution in [2.45, 2.75) is 33.4 Å². The highest BCUT2D eigenvalue weighted by Crippen LogP contribution is 2.36. The molecular weight excluding hydrogens is 438 g/mol. The number of rotatable bonds is 5. The Hall–Kier alpha value is -4.33. The van der Waals surface area contributed by atoms with E-state index in [1.807, 2.05) is 54.4 Å². The monoisotopic (exact) mass is 465 g/mol. The molecule has 0 aromatic carbocycles. The maximum absolute atomic E-state index is 13.6. The van der Waals surface area contributed by atoms with E-state index in [2.05, 4.69) is 35.4 Å². The number of amidine groups is 1. The smallest absolute Gasteiger partial charge is 0.260 e. The van der Waals surface area contributed by atoms with Crippen LogP contribution in [0.2, 0.25) is 0 Å². The lowest BCUT2D eigenvalue weighted by atomic mass is 10.0. The Labute approximate surface area is 204 Å². The van der Waals surface area contributed by atoms with Crippen LogP contribution in [0.25, 0.3) is 22.3 Å². The van der Waals surface area contributed by atoms with Crippen molar-refractivity contribution in [3.63, 3.8) is 0 Å². The van der Waals surface area contributed by atoms with Crippen molar-refractivity contribution < 1.29 is 4.79 Å². The topological polar surface area (TPSA) is 90.4 Å². The molecule has 0 saturated carbocycles. The Balaban J connectivity index is 1.57. The highest BCUT2D eigenvalue weighted by atomic mass is 16.2. The Kier molecular flexibility index (Phi) is 5.64. The summed E-state index contributed by atoms with van der Waals surface area (Å²) in [6, 6.07) is 11.6. The third-order valence-corrected chi connectivity index (χ3v) is 6.21. The van der Waals surface area contributed by atoms with Crippen LogP contribution in [-0.2, 0) is 6.54 Å². The summed E-state index contributed by atoms with van der Waals surface area (Å²) in [6.45, 7) is 10.3. The van der Waals surface area contributed by atoms with Crippen LogP contribution in [0.5, 0.6) is 0 Å². The van der Waals surface area contributed by atoms with Crippen molar-refractivity contribution in [3.8, 4) is 11.3 Å². The number of nitrogens with zero attached hydrogens (tertiary/aromatic N) is 6. The minimum absolute atomic E-state index is 0.0878. The maximum atomic E-state index is 13.6. The van der Waals surface area contributed by atoms with Crippen molar-refractivity contribution in [3.05, 3.63) is 84.1 Å². The van der Waals surface area contributed by atoms with Crippen LogP contribution < -0.4 is 4.90 Å². The van der Waals surface area contributed by atoms with Gasteiger partial charge in [0.05, 0.1) is 12.2 Å². The number of fused-ring (bicyclic) bond motifs is 2. The van der Waals surface area contributed by atoms with E-state index < -0.39 is 0 Å². The van der Waals surface area contributed by atoms with Gasteiger partial charge in [0.2, 0.25) is 0 Å². The number of aromatic amines is 1. The van der Waals surface area contributed by atoms with Crippen molar-refractivity contribution in [1.82, 2.24) is 24.8 Å². The van der Waals surface area contributed by atoms with Crippen LogP contribution in [0, 0.1) is 6.92 Å². The van der Waals surface area contributed by atoms with Gasteiger partial charge in [-0.25, -0.2) is 9.97 Å². The maximum Gasteiger partial charge on any atom is 0.260 e. The predicted octanol–water partition coefficient (Wildman–Crippen LogP) is 4.72. The van der Waals surface area contributed by atoms with Crippen LogP contribution in [0.15, 0.2) is 66.6 Å². The zero-order valence-electron chi connectivity index (χ0n) is 20.3. The Morgan fingerprint density at radius 1 is 1.23 bits per heavy atom. The third kappa shape index (κ3) is 3.77. The van der Waals surface area contributed by atoms with Gasteiger partial charge in [0.15, 0.2) is 5.84 Å². The second-order valence-corrected chi connectivity index (χ2v) is 8.74. The molecule has 4 aromatic rings. The average molecular weight is 466 g/mol. The minimum atomic E-state index is -0.0878. The zero-order valence-corrected chi connectivity index (χ0v) is 20.3. The molecule has 5 rings (SSSR count). The molecule has 0 unspecified atom stereocenters. The fourth-order valence-corrected chi connectivity index (χ4v) is 4.60. The quantitative estimate of drug-likeness (QED) is 0.340. The van der Waals surface area contributed by atoms with Crippen LogP contribution in [0.4, 0.5) is 5.82 Å². The minimum Gasteiger partial charge on any atom is -0.346 e. The van der Waals surface area contributed by atoms with E-state index in [0.29, 0.717) is 29.5 Å². The number of carbonyl (C=O) groups excluding carboxylic acids is 1. The Bertz CT molecular complexity index is 1480. The molecule has 1 N–H and O–H groups in total. The molecule has 0 bridgehead atoms. The summed E-state index contributed by atoms with van der Waals surface area (Å²) in [5, 5.41) is 0.973. The molecule has 8 nitrogen and oxygen atoms in total. The van der Waals surface area contributed by atoms with Crippen LogP contribution in [0.3, 0.4) is 0 Å². The van der Waals surface area contributed by atoms with Crippen LogP contribution in [-0.4, -0.2) is 49.7 Å². The van der Waals surface area contributed by atoms with E-state index in [0.717, 1.165) is 33.5 Å². The molecule has 1 aliphatic rings. The summed E-state index contributed by atoms with van der Waals surface area (Å²) in [4.78, 5) is 38.9. The highest BCUT2D eigenvalue weighted by Gasteiger charge is 2.33. The molecule has 0 aliphatic carbocycles. The van der Waals surface area contributed by atoms with Gasteiger partial charge >= 0.3 is 0 Å². The fourth-order valence-electron chi connectivity index (χ4n) is 4.60. The summed E-state index contributed by atoms with van der Waals surface area (Å²) in [6.07, 6.45) is 5.37. The molecule has 8 heteroatoms. The second kappa shape index (κ2) is 8.79. The lowest BCUT2D eigenvalue weighted by molar-refractivity contribution is 0.0996. The predicted molar refractivity (Wildman–Crippen MR) is 138 cm³/mol. The Morgan fingerprint density at radius 3 is 2.80 bits per heavy atom. The number of hydrogen-bond acceptors (Lipinski definition) is 5. The number of nitrogens with one attached hydrogen (secondary N) is 1. The van der Waals surface area contributed by atoms with Gasteiger partial charge in [-0.15, -0.1) is 0 Å². The molecule has 0 saturated heterocycles. The van der Waals surface area contributed by atoms with Crippen LogP contribution >= 0.6 is 0 Å². The highest BCUT2D eigenvalue weighted by molar-refractivity contribution is 6.11. The van der Waals surface area contributed by atoms with Gasteiger partial charge < -0.3 is 9.88 Å². The van der Waals surface area contributed by atoms with Gasteiger partial charge in [0, 0.05) is 53.3 Å². The number of H-pyrrole nitrogens is 1. The van der Waals surface area contributed by atoms with E-state index >= 15 is 0 Å². The number of amides is 1. The van der Waals surface area contributed by atoms with Gasteiger partial charge in [-0.2, -0.15) is 0 Å². The molecule has 0 spiro atoms. The van der Waals surface area contributed by atoms with E-state index in [1.54, 1.807) is 24.3 Å². The molecule has 0 atom stereocenters. The molecule has 0 fully saturated rings. The van der Waals surface area contributed by atoms with Gasteiger partial charge in [-0.1, -0.05) is 12.6 Å². The van der Waals surface area contributed by atoms with Gasteiger partial charge in [0.1, 0.15) is 17.2 Å². The first-order valence-electron chi connectivity index (χ1n) is 11.5. The second-order valence-electron chi connectivity index (χ2n) is 8.74. The summed E-state index contributed by atoms with van der Waals surface area (Å²) in [7, 11) is 1.73. The fraction of sp³-hybridized carbons (Fsp3) is 0.222. The number of aliphatic imine (C=N–C) groups is 1. The van der Waals surface area contributed by atoms with Crippen LogP contribution in [0.1, 0.15) is 41.2 Å². The molecule has 5 heterocycles. The lowest BCUT2D eigenvalue weighted by Gasteiger charge is -2.26. The van der Waals surface area contributed by atoms with Crippen molar-refractivity contribution >= 4 is 28.6 Å². The molecule has 0 radical (unpaired) electrons. The van der Waals surface area contributed by atoms with Gasteiger partial charge in [0.25, 0.3) is 5.91 Å². The average Bonchev–Trinajstić information content (AvgIpc) is 3.46. The number of aromatic nitrogens is 4. The van der Waals surface area contributed by atoms with Crippen molar-refractivity contribution in [2.24, 2.45) is 4.99 Å². The van der Waals surface area contributed by atoms with E-state index in [4.69, 9.17) is 9.97 Å². The first-order chi connectivity index (χ1) is 16.9. The number of aryl methyl sites for hydroxylation is 1. The summed E-state index contributed by atoms with van der Waals surface area (Å²) in [5.74, 6) is 1.18. The largest absolute Gasteiger partial charge is 0.346 e. The molecule has 1 amide bonds.